The number of hydrogen-bond donors (Lipinski definition) is 1. The van der Waals surface area contributed by atoms with Gasteiger partial charge in [-0.1, -0.05) is 29.8 Å². The van der Waals surface area contributed by atoms with Crippen LogP contribution in [0.4, 0.5) is 10.1 Å². The molecule has 1 amide bonds. The van der Waals surface area contributed by atoms with Crippen LogP contribution in [-0.2, 0) is 11.3 Å². The average Bonchev–Trinajstić information content (AvgIpc) is 3.32. The van der Waals surface area contributed by atoms with Crippen LogP contribution in [0.3, 0.4) is 0 Å². The van der Waals surface area contributed by atoms with Crippen LogP contribution in [0.5, 0.6) is 0 Å². The number of halogens is 1. The number of nitrogens with zero attached hydrogens (tertiary/aromatic N) is 6. The van der Waals surface area contributed by atoms with E-state index in [1.54, 1.807) is 19.1 Å². The van der Waals surface area contributed by atoms with E-state index >= 15 is 0 Å². The maximum atomic E-state index is 14.3. The van der Waals surface area contributed by atoms with Crippen LogP contribution in [0.15, 0.2) is 48.5 Å². The van der Waals surface area contributed by atoms with Gasteiger partial charge in [-0.25, -0.2) is 4.39 Å². The number of aromatic nitrogens is 6. The monoisotopic (exact) mass is 445 g/mol. The third-order valence-electron chi connectivity index (χ3n) is 5.37. The average molecular weight is 446 g/mol. The van der Waals surface area contributed by atoms with Crippen molar-refractivity contribution in [1.29, 1.82) is 0 Å². The van der Waals surface area contributed by atoms with E-state index in [1.165, 1.54) is 28.5 Å². The number of benzene rings is 2. The lowest BCUT2D eigenvalue weighted by Crippen LogP contribution is -2.10. The number of nitrogens with one attached hydrogen (secondary N) is 1. The Morgan fingerprint density at radius 3 is 2.55 bits per heavy atom. The van der Waals surface area contributed by atoms with E-state index in [0.717, 1.165) is 22.5 Å². The zero-order chi connectivity index (χ0) is 23.5. The van der Waals surface area contributed by atoms with Gasteiger partial charge in [-0.2, -0.15) is 9.78 Å². The predicted octanol–water partition coefficient (Wildman–Crippen LogP) is 3.93. The molecular formula is C24H24FN7O. The van der Waals surface area contributed by atoms with E-state index in [1.807, 2.05) is 18.5 Å². The number of hydrogen-bond acceptors (Lipinski definition) is 5. The Morgan fingerprint density at radius 1 is 1.09 bits per heavy atom. The summed E-state index contributed by atoms with van der Waals surface area (Å²) in [5.74, 6) is -0.457. The van der Waals surface area contributed by atoms with Crippen molar-refractivity contribution in [2.75, 3.05) is 5.32 Å². The van der Waals surface area contributed by atoms with Crippen molar-refractivity contribution < 1.29 is 9.18 Å². The highest BCUT2D eigenvalue weighted by Gasteiger charge is 2.12. The maximum Gasteiger partial charge on any atom is 0.248 e. The first-order valence-corrected chi connectivity index (χ1v) is 10.5. The Balaban J connectivity index is 1.50. The zero-order valence-electron chi connectivity index (χ0n) is 18.9. The second-order valence-corrected chi connectivity index (χ2v) is 7.85. The molecule has 2 aromatic carbocycles. The molecule has 0 bridgehead atoms. The minimum Gasteiger partial charge on any atom is -0.320 e. The van der Waals surface area contributed by atoms with Gasteiger partial charge in [0.15, 0.2) is 5.82 Å². The fraction of sp³-hybridized carbons (Fsp3) is 0.208. The fourth-order valence-corrected chi connectivity index (χ4v) is 3.52. The fourth-order valence-electron chi connectivity index (χ4n) is 3.52. The standard InChI is InChI=1S/C24H24FN7O/c1-15-5-7-19(8-6-15)14-31-17(3)21(16(2)28-31)10-12-24(33)26-23-13-20(9-11-22(23)25)32-18(4)27-29-30-32/h5-13H,14H2,1-4H3,(H,26,33)/b12-10+. The molecule has 2 aromatic heterocycles. The van der Waals surface area contributed by atoms with Gasteiger partial charge in [-0.15, -0.1) is 5.10 Å². The molecule has 0 saturated carbocycles. The highest BCUT2D eigenvalue weighted by Crippen LogP contribution is 2.20. The third-order valence-corrected chi connectivity index (χ3v) is 5.37. The van der Waals surface area contributed by atoms with E-state index in [-0.39, 0.29) is 5.69 Å². The van der Waals surface area contributed by atoms with Crippen LogP contribution in [0.2, 0.25) is 0 Å². The largest absolute Gasteiger partial charge is 0.320 e. The second kappa shape index (κ2) is 9.15. The zero-order valence-corrected chi connectivity index (χ0v) is 18.9. The molecule has 0 aliphatic heterocycles. The van der Waals surface area contributed by atoms with Crippen molar-refractivity contribution in [3.05, 3.63) is 88.3 Å². The van der Waals surface area contributed by atoms with Crippen molar-refractivity contribution in [2.45, 2.75) is 34.2 Å². The first-order chi connectivity index (χ1) is 15.8. The Labute approximate surface area is 190 Å². The molecule has 0 atom stereocenters. The Kier molecular flexibility index (Phi) is 6.12. The third kappa shape index (κ3) is 4.87. The number of aryl methyl sites for hydroxylation is 3. The Bertz CT molecular complexity index is 1340. The minimum absolute atomic E-state index is 0.0422. The van der Waals surface area contributed by atoms with Gasteiger partial charge in [0.1, 0.15) is 5.82 Å². The van der Waals surface area contributed by atoms with Gasteiger partial charge in [-0.05, 0) is 68.0 Å². The van der Waals surface area contributed by atoms with E-state index in [9.17, 15) is 9.18 Å². The second-order valence-electron chi connectivity index (χ2n) is 7.85. The molecule has 0 spiro atoms. The molecule has 4 rings (SSSR count). The van der Waals surface area contributed by atoms with Gasteiger partial charge in [0.2, 0.25) is 5.91 Å². The maximum absolute atomic E-state index is 14.3. The van der Waals surface area contributed by atoms with Gasteiger partial charge >= 0.3 is 0 Å². The van der Waals surface area contributed by atoms with Crippen LogP contribution >= 0.6 is 0 Å². The van der Waals surface area contributed by atoms with Gasteiger partial charge in [0.25, 0.3) is 0 Å². The molecular weight excluding hydrogens is 421 g/mol. The van der Waals surface area contributed by atoms with E-state index < -0.39 is 11.7 Å². The summed E-state index contributed by atoms with van der Waals surface area (Å²) in [5.41, 5.74) is 5.55. The quantitative estimate of drug-likeness (QED) is 0.454. The van der Waals surface area contributed by atoms with Crippen molar-refractivity contribution in [3.8, 4) is 5.69 Å². The number of carbonyl (C=O) groups excluding carboxylic acids is 1. The number of amides is 1. The summed E-state index contributed by atoms with van der Waals surface area (Å²) in [6.45, 7) is 8.28. The molecule has 1 N–H and O–H groups in total. The first kappa shape index (κ1) is 22.1. The Morgan fingerprint density at radius 2 is 1.85 bits per heavy atom. The molecule has 2 heterocycles. The van der Waals surface area contributed by atoms with Crippen molar-refractivity contribution >= 4 is 17.7 Å². The lowest BCUT2D eigenvalue weighted by molar-refractivity contribution is -0.111. The van der Waals surface area contributed by atoms with Crippen LogP contribution in [-0.4, -0.2) is 35.9 Å². The summed E-state index contributed by atoms with van der Waals surface area (Å²) < 4.78 is 17.7. The van der Waals surface area contributed by atoms with Gasteiger partial charge in [-0.3, -0.25) is 9.48 Å². The number of anilines is 1. The summed E-state index contributed by atoms with van der Waals surface area (Å²) in [6, 6.07) is 12.6. The number of carbonyl (C=O) groups is 1. The van der Waals surface area contributed by atoms with Crippen molar-refractivity contribution in [2.24, 2.45) is 0 Å². The van der Waals surface area contributed by atoms with Crippen molar-refractivity contribution in [1.82, 2.24) is 30.0 Å². The normalized spacial score (nSPS) is 11.3. The molecule has 8 nitrogen and oxygen atoms in total. The first-order valence-electron chi connectivity index (χ1n) is 10.5. The molecule has 0 aliphatic rings. The summed E-state index contributed by atoms with van der Waals surface area (Å²) >= 11 is 0. The van der Waals surface area contributed by atoms with E-state index in [2.05, 4.69) is 57.1 Å². The summed E-state index contributed by atoms with van der Waals surface area (Å²) in [6.07, 6.45) is 3.08. The van der Waals surface area contributed by atoms with Crippen LogP contribution in [0, 0.1) is 33.5 Å². The van der Waals surface area contributed by atoms with Crippen molar-refractivity contribution in [3.63, 3.8) is 0 Å². The van der Waals surface area contributed by atoms with Gasteiger partial charge in [0, 0.05) is 17.3 Å². The molecule has 168 valence electrons. The van der Waals surface area contributed by atoms with Crippen LogP contribution in [0.1, 0.15) is 33.9 Å². The lowest BCUT2D eigenvalue weighted by Gasteiger charge is -2.07. The van der Waals surface area contributed by atoms with Crippen LogP contribution in [0.25, 0.3) is 11.8 Å². The summed E-state index contributed by atoms with van der Waals surface area (Å²) in [5, 5.41) is 18.5. The topological polar surface area (TPSA) is 90.5 Å². The molecule has 33 heavy (non-hydrogen) atoms. The summed E-state index contributed by atoms with van der Waals surface area (Å²) in [7, 11) is 0. The molecule has 0 fully saturated rings. The molecule has 4 aromatic rings. The van der Waals surface area contributed by atoms with E-state index in [0.29, 0.717) is 18.1 Å². The summed E-state index contributed by atoms with van der Waals surface area (Å²) in [4.78, 5) is 12.5. The molecule has 0 saturated heterocycles. The van der Waals surface area contributed by atoms with Gasteiger partial charge in [0.05, 0.1) is 23.6 Å². The molecule has 9 heteroatoms. The molecule has 0 radical (unpaired) electrons. The minimum atomic E-state index is -0.551. The predicted molar refractivity (Wildman–Crippen MR) is 123 cm³/mol. The number of rotatable bonds is 6. The SMILES string of the molecule is Cc1ccc(Cn2nc(C)c(/C=C/C(=O)Nc3cc(-n4nnnc4C)ccc3F)c2C)cc1. The lowest BCUT2D eigenvalue weighted by atomic mass is 10.1. The smallest absolute Gasteiger partial charge is 0.248 e. The highest BCUT2D eigenvalue weighted by atomic mass is 19.1. The highest BCUT2D eigenvalue weighted by molar-refractivity contribution is 6.02. The van der Waals surface area contributed by atoms with Gasteiger partial charge < -0.3 is 5.32 Å². The molecule has 0 aliphatic carbocycles. The van der Waals surface area contributed by atoms with Crippen LogP contribution < -0.4 is 5.32 Å². The molecule has 0 unspecified atom stereocenters. The van der Waals surface area contributed by atoms with E-state index in [4.69, 9.17) is 0 Å². The number of tetrazole rings is 1. The Hall–Kier alpha value is -4.14.